The summed E-state index contributed by atoms with van der Waals surface area (Å²) in [7, 11) is 1.29. The Morgan fingerprint density at radius 2 is 1.98 bits per heavy atom. The molecule has 5 rings (SSSR count). The maximum absolute atomic E-state index is 13.3. The Hall–Kier alpha value is -3.67. The zero-order valence-corrected chi connectivity index (χ0v) is 23.6. The van der Waals surface area contributed by atoms with Gasteiger partial charge >= 0.3 is 6.09 Å². The molecule has 3 aromatic rings. The molecule has 1 atom stereocenters. The fourth-order valence-electron chi connectivity index (χ4n) is 4.80. The molecule has 13 heteroatoms. The number of halogens is 2. The van der Waals surface area contributed by atoms with Gasteiger partial charge in [0.25, 0.3) is 11.7 Å². The average molecular weight is 591 g/mol. The van der Waals surface area contributed by atoms with Gasteiger partial charge in [-0.05, 0) is 61.4 Å². The van der Waals surface area contributed by atoms with Crippen molar-refractivity contribution in [3.05, 3.63) is 59.3 Å². The number of aromatic amines is 2. The number of imidazole rings is 1. The normalized spacial score (nSPS) is 16.4. The number of benzene rings is 1. The highest BCUT2D eigenvalue weighted by Crippen LogP contribution is 2.41. The summed E-state index contributed by atoms with van der Waals surface area (Å²) in [5.74, 6) is 0.922. The molecule has 40 heavy (non-hydrogen) atoms. The molecule has 1 aliphatic heterocycles. The van der Waals surface area contributed by atoms with Crippen molar-refractivity contribution >= 4 is 29.3 Å². The number of amides is 3. The van der Waals surface area contributed by atoms with Gasteiger partial charge in [0.1, 0.15) is 18.8 Å². The number of anilines is 2. The van der Waals surface area contributed by atoms with Crippen LogP contribution in [0.4, 0.5) is 16.2 Å². The van der Waals surface area contributed by atoms with Crippen molar-refractivity contribution < 1.29 is 54.7 Å². The third kappa shape index (κ3) is 7.09. The summed E-state index contributed by atoms with van der Waals surface area (Å²) in [6.07, 6.45) is 7.47. The lowest BCUT2D eigenvalue weighted by Gasteiger charge is -2.16. The van der Waals surface area contributed by atoms with Crippen LogP contribution in [0.1, 0.15) is 77.9 Å². The summed E-state index contributed by atoms with van der Waals surface area (Å²) in [5, 5.41) is 8.74. The fraction of sp³-hybridized carbons (Fsp3) is 0.370. The Bertz CT molecular complexity index is 1380. The van der Waals surface area contributed by atoms with Crippen LogP contribution in [-0.4, -0.2) is 35.0 Å². The smallest absolute Gasteiger partial charge is 0.411 e. The third-order valence-electron chi connectivity index (χ3n) is 6.98. The number of aromatic nitrogens is 3. The quantitative estimate of drug-likeness (QED) is 0.210. The van der Waals surface area contributed by atoms with Gasteiger partial charge in [0.05, 0.1) is 24.1 Å². The number of H-pyrrole nitrogens is 2. The molecule has 214 valence electrons. The minimum atomic E-state index is -0.598. The van der Waals surface area contributed by atoms with E-state index in [0.29, 0.717) is 48.7 Å². The van der Waals surface area contributed by atoms with Gasteiger partial charge in [-0.1, -0.05) is 6.42 Å². The van der Waals surface area contributed by atoms with Crippen LogP contribution in [0.15, 0.2) is 36.7 Å². The molecule has 1 saturated carbocycles. The number of hydrogen-bond acceptors (Lipinski definition) is 5. The predicted octanol–water partition coefficient (Wildman–Crippen LogP) is -3.32. The lowest BCUT2D eigenvalue weighted by Crippen LogP contribution is -3.00. The number of carbonyl (C=O) groups excluding carboxylic acids is 3. The van der Waals surface area contributed by atoms with E-state index in [0.717, 1.165) is 47.6 Å². The number of nitrogens with zero attached hydrogens (tertiary/aromatic N) is 1. The number of nitrogens with one attached hydrogen (secondary N) is 5. The number of quaternary nitrogens is 1. The number of methoxy groups -OCH3 is 1. The molecule has 1 aliphatic carbocycles. The van der Waals surface area contributed by atoms with E-state index in [2.05, 4.69) is 41.4 Å². The fourth-order valence-corrected chi connectivity index (χ4v) is 4.80. The van der Waals surface area contributed by atoms with Crippen LogP contribution >= 0.6 is 0 Å². The molecule has 2 aliphatic rings. The lowest BCUT2D eigenvalue weighted by atomic mass is 10.0. The van der Waals surface area contributed by atoms with E-state index in [1.54, 1.807) is 30.6 Å². The predicted molar refractivity (Wildman–Crippen MR) is 139 cm³/mol. The molecule has 3 amide bonds. The maximum Gasteiger partial charge on any atom is 0.411 e. The van der Waals surface area contributed by atoms with Gasteiger partial charge in [0.2, 0.25) is 5.91 Å². The van der Waals surface area contributed by atoms with Gasteiger partial charge in [-0.25, -0.2) is 14.8 Å². The van der Waals surface area contributed by atoms with Crippen LogP contribution in [0.3, 0.4) is 0 Å². The zero-order valence-electron chi connectivity index (χ0n) is 22.1. The summed E-state index contributed by atoms with van der Waals surface area (Å²) in [4.78, 5) is 48.8. The van der Waals surface area contributed by atoms with Gasteiger partial charge in [0, 0.05) is 23.9 Å². The number of fused-ring (bicyclic) bond motifs is 4. The number of hydrogen-bond donors (Lipinski definition) is 5. The van der Waals surface area contributed by atoms with Gasteiger partial charge in [-0.2, -0.15) is 0 Å². The van der Waals surface area contributed by atoms with Crippen molar-refractivity contribution in [3.63, 3.8) is 0 Å². The summed E-state index contributed by atoms with van der Waals surface area (Å²) in [5.41, 5.74) is 9.12. The molecule has 0 spiro atoms. The van der Waals surface area contributed by atoms with E-state index in [4.69, 9.17) is 0 Å². The Morgan fingerprint density at radius 1 is 1.18 bits per heavy atom. The summed E-state index contributed by atoms with van der Waals surface area (Å²) < 4.78 is 4.67. The summed E-state index contributed by atoms with van der Waals surface area (Å²) >= 11 is 0. The molecule has 0 radical (unpaired) electrons. The van der Waals surface area contributed by atoms with Crippen LogP contribution in [0.5, 0.6) is 0 Å². The van der Waals surface area contributed by atoms with Crippen LogP contribution < -0.4 is 51.5 Å². The standard InChI is InChI=1S/C27H31N7O4.2ClH/c1-38-27(37)31-17-8-9-18-21(11-17)32-24(35)5-3-2-4-20(25-30-14-23(18)33-25)34-26(36)16-10-19(15-6-7-15)22(12-28)29-13-16;;/h8-11,13-15,20H,2-7,12,28H2,1H3,(H,30,33)(H,31,37)(H,32,35)(H,34,36);2*1H/t20-;;/m0../s1. The highest BCUT2D eigenvalue weighted by Gasteiger charge is 2.29. The Labute approximate surface area is 244 Å². The largest absolute Gasteiger partial charge is 1.00 e. The van der Waals surface area contributed by atoms with E-state index in [9.17, 15) is 14.4 Å². The first-order valence-electron chi connectivity index (χ1n) is 12.9. The highest BCUT2D eigenvalue weighted by atomic mass is 35.5. The van der Waals surface area contributed by atoms with Gasteiger partial charge in [0.15, 0.2) is 5.69 Å². The molecular weight excluding hydrogens is 557 g/mol. The van der Waals surface area contributed by atoms with Crippen molar-refractivity contribution in [1.82, 2.24) is 15.3 Å². The second-order valence-electron chi connectivity index (χ2n) is 9.72. The first-order valence-corrected chi connectivity index (χ1v) is 12.9. The molecule has 0 unspecified atom stereocenters. The topological polar surface area (TPSA) is 167 Å². The summed E-state index contributed by atoms with van der Waals surface area (Å²) in [6.45, 7) is 0.603. The number of ether oxygens (including phenoxy) is 1. The molecule has 1 aromatic carbocycles. The van der Waals surface area contributed by atoms with E-state index < -0.39 is 6.09 Å². The molecule has 1 fully saturated rings. The summed E-state index contributed by atoms with van der Waals surface area (Å²) in [6, 6.07) is 6.88. The first kappa shape index (κ1) is 30.9. The van der Waals surface area contributed by atoms with E-state index in [1.807, 2.05) is 6.07 Å². The van der Waals surface area contributed by atoms with Crippen molar-refractivity contribution in [2.75, 3.05) is 17.7 Å². The second kappa shape index (κ2) is 13.6. The second-order valence-corrected chi connectivity index (χ2v) is 9.72. The molecular formula is C27H33Cl2N7O4. The van der Waals surface area contributed by atoms with Gasteiger partial charge in [-0.3, -0.25) is 19.9 Å². The Kier molecular flexibility index (Phi) is 10.5. The van der Waals surface area contributed by atoms with E-state index in [-0.39, 0.29) is 42.7 Å². The molecule has 2 aromatic heterocycles. The highest BCUT2D eigenvalue weighted by molar-refractivity contribution is 5.97. The van der Waals surface area contributed by atoms with Crippen LogP contribution in [0.2, 0.25) is 0 Å². The molecule has 11 nitrogen and oxygen atoms in total. The first-order chi connectivity index (χ1) is 18.4. The lowest BCUT2D eigenvalue weighted by molar-refractivity contribution is -0.391. The van der Waals surface area contributed by atoms with Crippen LogP contribution in [0, 0.1) is 0 Å². The van der Waals surface area contributed by atoms with Crippen LogP contribution in [0.25, 0.3) is 11.3 Å². The van der Waals surface area contributed by atoms with Gasteiger partial charge < -0.3 is 45.9 Å². The van der Waals surface area contributed by atoms with Crippen molar-refractivity contribution in [1.29, 1.82) is 0 Å². The van der Waals surface area contributed by atoms with Crippen molar-refractivity contribution in [2.45, 2.75) is 57.0 Å². The minimum absolute atomic E-state index is 0. The average Bonchev–Trinajstić information content (AvgIpc) is 3.65. The maximum atomic E-state index is 13.3. The zero-order chi connectivity index (χ0) is 26.6. The molecule has 3 heterocycles. The van der Waals surface area contributed by atoms with Crippen molar-refractivity contribution in [3.8, 4) is 11.3 Å². The number of pyridine rings is 1. The van der Waals surface area contributed by atoms with E-state index in [1.165, 1.54) is 7.11 Å². The molecule has 2 bridgehead atoms. The Balaban J connectivity index is 0.00000220. The molecule has 0 saturated heterocycles. The molecule has 8 N–H and O–H groups in total. The third-order valence-corrected chi connectivity index (χ3v) is 6.98. The monoisotopic (exact) mass is 589 g/mol. The van der Waals surface area contributed by atoms with Gasteiger partial charge in [-0.15, -0.1) is 0 Å². The van der Waals surface area contributed by atoms with Crippen molar-refractivity contribution in [2.24, 2.45) is 0 Å². The number of carbonyl (C=O) groups is 3. The Morgan fingerprint density at radius 3 is 2.70 bits per heavy atom. The number of rotatable bonds is 5. The SMILES string of the molecule is COC(=O)Nc1ccc2c(c1)NC(=O)CCCC[C@H](NC(=O)c1cnc(C[NH3+])c(C3CC3)c1)c1[nH]c-2c[nH+]1.[Cl-].[Cl-]. The minimum Gasteiger partial charge on any atom is -1.00 e. The van der Waals surface area contributed by atoms with E-state index >= 15 is 0 Å². The van der Waals surface area contributed by atoms with Crippen LogP contribution in [-0.2, 0) is 16.1 Å².